The van der Waals surface area contributed by atoms with Gasteiger partial charge in [-0.3, -0.25) is 0 Å². The van der Waals surface area contributed by atoms with E-state index in [0.717, 1.165) is 20.8 Å². The van der Waals surface area contributed by atoms with Crippen LogP contribution in [0.1, 0.15) is 5.56 Å². The first-order chi connectivity index (χ1) is 8.65. The Labute approximate surface area is 109 Å². The van der Waals surface area contributed by atoms with Gasteiger partial charge in [0, 0.05) is 5.69 Å². The average molecular weight is 256 g/mol. The summed E-state index contributed by atoms with van der Waals surface area (Å²) >= 11 is 1.56. The molecule has 1 heterocycles. The number of anilines is 1. The van der Waals surface area contributed by atoms with Crippen molar-refractivity contribution in [2.24, 2.45) is 0 Å². The maximum atomic E-state index is 9.89. The van der Waals surface area contributed by atoms with Gasteiger partial charge < -0.3 is 10.8 Å². The van der Waals surface area contributed by atoms with Gasteiger partial charge in [0.15, 0.2) is 0 Å². The molecule has 0 spiro atoms. The average Bonchev–Trinajstić information content (AvgIpc) is 2.77. The molecule has 1 aromatic heterocycles. The van der Waals surface area contributed by atoms with E-state index in [1.54, 1.807) is 29.5 Å². The van der Waals surface area contributed by atoms with Crippen LogP contribution >= 0.6 is 11.3 Å². The summed E-state index contributed by atoms with van der Waals surface area (Å²) in [6.45, 7) is 2.03. The van der Waals surface area contributed by atoms with Crippen molar-refractivity contribution in [2.45, 2.75) is 6.92 Å². The number of para-hydroxylation sites is 1. The Morgan fingerprint density at radius 2 is 2.06 bits per heavy atom. The number of phenols is 1. The van der Waals surface area contributed by atoms with Crippen LogP contribution in [0.2, 0.25) is 0 Å². The van der Waals surface area contributed by atoms with Crippen molar-refractivity contribution in [3.05, 3.63) is 42.0 Å². The predicted octanol–water partition coefficient (Wildman–Crippen LogP) is 3.56. The normalized spacial score (nSPS) is 10.9. The van der Waals surface area contributed by atoms with E-state index in [1.165, 1.54) is 0 Å². The molecule has 0 aliphatic carbocycles. The minimum absolute atomic E-state index is 0.209. The zero-order chi connectivity index (χ0) is 12.7. The quantitative estimate of drug-likeness (QED) is 0.517. The van der Waals surface area contributed by atoms with Crippen molar-refractivity contribution in [2.75, 3.05) is 5.73 Å². The number of fused-ring (bicyclic) bond motifs is 1. The van der Waals surface area contributed by atoms with E-state index < -0.39 is 0 Å². The lowest BCUT2D eigenvalue weighted by atomic mass is 10.2. The molecule has 2 aromatic carbocycles. The van der Waals surface area contributed by atoms with Crippen LogP contribution in [0.25, 0.3) is 20.8 Å². The molecule has 18 heavy (non-hydrogen) atoms. The summed E-state index contributed by atoms with van der Waals surface area (Å²) in [5.41, 5.74) is 9.19. The number of hydrogen-bond acceptors (Lipinski definition) is 4. The minimum atomic E-state index is 0.209. The zero-order valence-corrected chi connectivity index (χ0v) is 10.7. The number of phenolic OH excluding ortho intramolecular Hbond substituents is 1. The Morgan fingerprint density at radius 3 is 2.83 bits per heavy atom. The fraction of sp³-hybridized carbons (Fsp3) is 0.0714. The summed E-state index contributed by atoms with van der Waals surface area (Å²) in [4.78, 5) is 4.59. The molecule has 3 rings (SSSR count). The van der Waals surface area contributed by atoms with Crippen molar-refractivity contribution >= 4 is 27.2 Å². The third-order valence-electron chi connectivity index (χ3n) is 2.87. The van der Waals surface area contributed by atoms with Crippen LogP contribution < -0.4 is 5.73 Å². The van der Waals surface area contributed by atoms with Gasteiger partial charge >= 0.3 is 0 Å². The van der Waals surface area contributed by atoms with Crippen molar-refractivity contribution in [3.8, 4) is 16.3 Å². The molecular weight excluding hydrogens is 244 g/mol. The van der Waals surface area contributed by atoms with E-state index >= 15 is 0 Å². The lowest BCUT2D eigenvalue weighted by molar-refractivity contribution is 0.477. The molecule has 0 saturated carbocycles. The molecule has 0 aliphatic rings. The summed E-state index contributed by atoms with van der Waals surface area (Å²) in [6.07, 6.45) is 0. The molecule has 3 N–H and O–H groups in total. The summed E-state index contributed by atoms with van der Waals surface area (Å²) < 4.78 is 1.12. The smallest absolute Gasteiger partial charge is 0.128 e. The first kappa shape index (κ1) is 11.0. The third-order valence-corrected chi connectivity index (χ3v) is 3.93. The fourth-order valence-electron chi connectivity index (χ4n) is 1.93. The molecule has 0 aliphatic heterocycles. The second kappa shape index (κ2) is 3.99. The van der Waals surface area contributed by atoms with Crippen molar-refractivity contribution < 1.29 is 5.11 Å². The van der Waals surface area contributed by atoms with E-state index in [0.29, 0.717) is 11.3 Å². The summed E-state index contributed by atoms with van der Waals surface area (Å²) in [5, 5.41) is 10.7. The lowest BCUT2D eigenvalue weighted by Gasteiger charge is -2.01. The largest absolute Gasteiger partial charge is 0.507 e. The maximum Gasteiger partial charge on any atom is 0.128 e. The van der Waals surface area contributed by atoms with Crippen molar-refractivity contribution in [3.63, 3.8) is 0 Å². The number of thiazole rings is 1. The first-order valence-corrected chi connectivity index (χ1v) is 6.42. The molecule has 0 saturated heterocycles. The monoisotopic (exact) mass is 256 g/mol. The second-order valence-electron chi connectivity index (χ2n) is 4.22. The van der Waals surface area contributed by atoms with Crippen LogP contribution in [-0.2, 0) is 0 Å². The molecule has 90 valence electrons. The van der Waals surface area contributed by atoms with Crippen LogP contribution in [0.4, 0.5) is 5.69 Å². The lowest BCUT2D eigenvalue weighted by Crippen LogP contribution is -1.85. The molecule has 3 aromatic rings. The van der Waals surface area contributed by atoms with Crippen LogP contribution in [0.5, 0.6) is 5.75 Å². The molecule has 3 nitrogen and oxygen atoms in total. The standard InChI is InChI=1S/C14H12N2OS/c1-8-3-2-4-12-13(8)16-14(18-12)10-7-9(15)5-6-11(10)17/h2-7,17H,15H2,1H3. The molecule has 4 heteroatoms. The summed E-state index contributed by atoms with van der Waals surface area (Å²) in [5.74, 6) is 0.209. The van der Waals surface area contributed by atoms with Gasteiger partial charge in [0.05, 0.1) is 15.8 Å². The van der Waals surface area contributed by atoms with E-state index in [4.69, 9.17) is 5.73 Å². The minimum Gasteiger partial charge on any atom is -0.507 e. The Kier molecular flexibility index (Phi) is 2.45. The van der Waals surface area contributed by atoms with Gasteiger partial charge in [0.25, 0.3) is 0 Å². The van der Waals surface area contributed by atoms with Gasteiger partial charge in [-0.05, 0) is 36.8 Å². The second-order valence-corrected chi connectivity index (χ2v) is 5.25. The van der Waals surface area contributed by atoms with E-state index in [2.05, 4.69) is 4.98 Å². The SMILES string of the molecule is Cc1cccc2sc(-c3cc(N)ccc3O)nc12. The Balaban J connectivity index is 2.26. The number of aromatic nitrogens is 1. The highest BCUT2D eigenvalue weighted by Crippen LogP contribution is 2.36. The van der Waals surface area contributed by atoms with Gasteiger partial charge in [-0.2, -0.15) is 0 Å². The first-order valence-electron chi connectivity index (χ1n) is 5.60. The van der Waals surface area contributed by atoms with Gasteiger partial charge in [-0.15, -0.1) is 11.3 Å². The molecule has 0 amide bonds. The highest BCUT2D eigenvalue weighted by molar-refractivity contribution is 7.21. The maximum absolute atomic E-state index is 9.89. The van der Waals surface area contributed by atoms with E-state index in [9.17, 15) is 5.11 Å². The number of aryl methyl sites for hydroxylation is 1. The number of aromatic hydroxyl groups is 1. The molecule has 0 radical (unpaired) electrons. The van der Waals surface area contributed by atoms with Crippen LogP contribution in [0.15, 0.2) is 36.4 Å². The molecule has 0 unspecified atom stereocenters. The van der Waals surface area contributed by atoms with Crippen molar-refractivity contribution in [1.29, 1.82) is 0 Å². The molecular formula is C14H12N2OS. The summed E-state index contributed by atoms with van der Waals surface area (Å²) in [6, 6.07) is 11.1. The number of nitrogens with zero attached hydrogens (tertiary/aromatic N) is 1. The highest BCUT2D eigenvalue weighted by atomic mass is 32.1. The number of rotatable bonds is 1. The van der Waals surface area contributed by atoms with E-state index in [-0.39, 0.29) is 5.75 Å². The van der Waals surface area contributed by atoms with Crippen LogP contribution in [-0.4, -0.2) is 10.1 Å². The van der Waals surface area contributed by atoms with Crippen molar-refractivity contribution in [1.82, 2.24) is 4.98 Å². The third kappa shape index (κ3) is 1.71. The highest BCUT2D eigenvalue weighted by Gasteiger charge is 2.11. The van der Waals surface area contributed by atoms with Gasteiger partial charge in [-0.25, -0.2) is 4.98 Å². The molecule has 0 bridgehead atoms. The predicted molar refractivity (Wildman–Crippen MR) is 75.9 cm³/mol. The van der Waals surface area contributed by atoms with E-state index in [1.807, 2.05) is 25.1 Å². The van der Waals surface area contributed by atoms with Gasteiger partial charge in [0.1, 0.15) is 10.8 Å². The summed E-state index contributed by atoms with van der Waals surface area (Å²) in [7, 11) is 0. The molecule has 0 atom stereocenters. The zero-order valence-electron chi connectivity index (χ0n) is 9.84. The van der Waals surface area contributed by atoms with Crippen LogP contribution in [0.3, 0.4) is 0 Å². The number of nitrogen functional groups attached to an aromatic ring is 1. The fourth-order valence-corrected chi connectivity index (χ4v) is 2.99. The number of hydrogen-bond donors (Lipinski definition) is 2. The van der Waals surface area contributed by atoms with Crippen LogP contribution in [0, 0.1) is 6.92 Å². The number of benzene rings is 2. The Morgan fingerprint density at radius 1 is 1.22 bits per heavy atom. The molecule has 0 fully saturated rings. The van der Waals surface area contributed by atoms with Gasteiger partial charge in [-0.1, -0.05) is 12.1 Å². The Bertz CT molecular complexity index is 734. The number of nitrogens with two attached hydrogens (primary N) is 1. The van der Waals surface area contributed by atoms with Gasteiger partial charge in [0.2, 0.25) is 0 Å². The topological polar surface area (TPSA) is 59.1 Å². The Hall–Kier alpha value is -2.07.